The van der Waals surface area contributed by atoms with Crippen LogP contribution in [0.3, 0.4) is 0 Å². The van der Waals surface area contributed by atoms with Gasteiger partial charge in [-0.2, -0.15) is 5.26 Å². The van der Waals surface area contributed by atoms with Gasteiger partial charge in [-0.05, 0) is 55.7 Å². The molecule has 2 aromatic carbocycles. The van der Waals surface area contributed by atoms with Crippen molar-refractivity contribution in [1.29, 1.82) is 5.26 Å². The van der Waals surface area contributed by atoms with Crippen LogP contribution in [-0.2, 0) is 9.53 Å². The van der Waals surface area contributed by atoms with Gasteiger partial charge in [0.15, 0.2) is 0 Å². The predicted octanol–water partition coefficient (Wildman–Crippen LogP) is 4.72. The molecule has 150 valence electrons. The topological polar surface area (TPSA) is 91.2 Å². The lowest BCUT2D eigenvalue weighted by molar-refractivity contribution is -0.112. The summed E-state index contributed by atoms with van der Waals surface area (Å²) in [5.41, 5.74) is 3.45. The number of anilines is 2. The SMILES string of the molecule is CCCCOC(=O)c1ccccc1NC(=O)/C(C#N)=C\Nc1ccc(C)c(C)c1. The van der Waals surface area contributed by atoms with Gasteiger partial charge in [-0.3, -0.25) is 4.79 Å². The summed E-state index contributed by atoms with van der Waals surface area (Å²) in [7, 11) is 0. The van der Waals surface area contributed by atoms with Crippen molar-refractivity contribution in [1.82, 2.24) is 0 Å². The number of para-hydroxylation sites is 1. The van der Waals surface area contributed by atoms with Crippen LogP contribution in [-0.4, -0.2) is 18.5 Å². The molecule has 0 fully saturated rings. The number of rotatable bonds is 8. The summed E-state index contributed by atoms with van der Waals surface area (Å²) >= 11 is 0. The zero-order valence-corrected chi connectivity index (χ0v) is 16.9. The molecule has 2 aromatic rings. The average molecular weight is 391 g/mol. The maximum Gasteiger partial charge on any atom is 0.340 e. The fourth-order valence-corrected chi connectivity index (χ4v) is 2.48. The lowest BCUT2D eigenvalue weighted by atomic mass is 10.1. The third kappa shape index (κ3) is 6.22. The van der Waals surface area contributed by atoms with Gasteiger partial charge in [-0.25, -0.2) is 4.79 Å². The second kappa shape index (κ2) is 10.7. The summed E-state index contributed by atoms with van der Waals surface area (Å²) < 4.78 is 5.22. The van der Waals surface area contributed by atoms with Crippen LogP contribution in [0.1, 0.15) is 41.3 Å². The zero-order chi connectivity index (χ0) is 21.2. The molecule has 2 N–H and O–H groups in total. The molecular formula is C23H25N3O3. The summed E-state index contributed by atoms with van der Waals surface area (Å²) in [5.74, 6) is -1.12. The molecule has 0 atom stereocenters. The van der Waals surface area contributed by atoms with Crippen molar-refractivity contribution >= 4 is 23.3 Å². The van der Waals surface area contributed by atoms with Crippen molar-refractivity contribution in [2.24, 2.45) is 0 Å². The number of amides is 1. The lowest BCUT2D eigenvalue weighted by Gasteiger charge is -2.11. The minimum Gasteiger partial charge on any atom is -0.462 e. The second-order valence-electron chi connectivity index (χ2n) is 6.60. The van der Waals surface area contributed by atoms with E-state index < -0.39 is 11.9 Å². The first-order chi connectivity index (χ1) is 14.0. The summed E-state index contributed by atoms with van der Waals surface area (Å²) in [6.07, 6.45) is 3.03. The average Bonchev–Trinajstić information content (AvgIpc) is 2.71. The van der Waals surface area contributed by atoms with Crippen molar-refractivity contribution in [2.75, 3.05) is 17.2 Å². The van der Waals surface area contributed by atoms with Gasteiger partial charge in [0.2, 0.25) is 0 Å². The molecule has 0 aliphatic heterocycles. The Balaban J connectivity index is 2.12. The van der Waals surface area contributed by atoms with Crippen LogP contribution in [0, 0.1) is 25.2 Å². The van der Waals surface area contributed by atoms with E-state index in [2.05, 4.69) is 10.6 Å². The van der Waals surface area contributed by atoms with Crippen LogP contribution in [0.2, 0.25) is 0 Å². The number of nitrogens with one attached hydrogen (secondary N) is 2. The van der Waals surface area contributed by atoms with E-state index in [9.17, 15) is 14.9 Å². The van der Waals surface area contributed by atoms with Crippen LogP contribution in [0.25, 0.3) is 0 Å². The molecule has 0 heterocycles. The number of nitriles is 1. The van der Waals surface area contributed by atoms with Crippen molar-refractivity contribution < 1.29 is 14.3 Å². The largest absolute Gasteiger partial charge is 0.462 e. The van der Waals surface area contributed by atoms with Crippen LogP contribution < -0.4 is 10.6 Å². The van der Waals surface area contributed by atoms with Gasteiger partial charge in [0, 0.05) is 11.9 Å². The molecule has 2 rings (SSSR count). The highest BCUT2D eigenvalue weighted by Gasteiger charge is 2.16. The summed E-state index contributed by atoms with van der Waals surface area (Å²) in [6.45, 7) is 6.32. The number of hydrogen-bond donors (Lipinski definition) is 2. The van der Waals surface area contributed by atoms with Gasteiger partial charge in [-0.1, -0.05) is 31.5 Å². The number of carbonyl (C=O) groups excluding carboxylic acids is 2. The molecule has 0 radical (unpaired) electrons. The van der Waals surface area contributed by atoms with E-state index in [1.54, 1.807) is 24.3 Å². The number of benzene rings is 2. The number of hydrogen-bond acceptors (Lipinski definition) is 5. The maximum absolute atomic E-state index is 12.5. The molecular weight excluding hydrogens is 366 g/mol. The van der Waals surface area contributed by atoms with Crippen LogP contribution >= 0.6 is 0 Å². The summed E-state index contributed by atoms with van der Waals surface area (Å²) in [5, 5.41) is 14.9. The van der Waals surface area contributed by atoms with Gasteiger partial charge in [0.05, 0.1) is 17.9 Å². The third-order valence-electron chi connectivity index (χ3n) is 4.38. The molecule has 0 aromatic heterocycles. The first-order valence-electron chi connectivity index (χ1n) is 9.47. The Morgan fingerprint density at radius 2 is 1.90 bits per heavy atom. The molecule has 0 saturated heterocycles. The quantitative estimate of drug-likeness (QED) is 0.294. The van der Waals surface area contributed by atoms with Gasteiger partial charge in [-0.15, -0.1) is 0 Å². The lowest BCUT2D eigenvalue weighted by Crippen LogP contribution is -2.18. The highest BCUT2D eigenvalue weighted by Crippen LogP contribution is 2.18. The number of ether oxygens (including phenoxy) is 1. The van der Waals surface area contributed by atoms with Gasteiger partial charge in [0.1, 0.15) is 11.6 Å². The molecule has 0 saturated carbocycles. The maximum atomic E-state index is 12.5. The first-order valence-corrected chi connectivity index (χ1v) is 9.47. The molecule has 29 heavy (non-hydrogen) atoms. The highest BCUT2D eigenvalue weighted by molar-refractivity contribution is 6.09. The van der Waals surface area contributed by atoms with E-state index in [-0.39, 0.29) is 11.1 Å². The van der Waals surface area contributed by atoms with Crippen molar-refractivity contribution in [3.8, 4) is 6.07 Å². The Bertz CT molecular complexity index is 958. The summed E-state index contributed by atoms with van der Waals surface area (Å²) in [4.78, 5) is 24.8. The fourth-order valence-electron chi connectivity index (χ4n) is 2.48. The molecule has 6 nitrogen and oxygen atoms in total. The standard InChI is InChI=1S/C23H25N3O3/c1-4-5-12-29-23(28)20-8-6-7-9-21(20)26-22(27)18(14-24)15-25-19-11-10-16(2)17(3)13-19/h6-11,13,15,25H,4-5,12H2,1-3H3,(H,26,27)/b18-15-. The van der Waals surface area contributed by atoms with Crippen LogP contribution in [0.15, 0.2) is 54.2 Å². The Labute approximate surface area is 171 Å². The molecule has 0 bridgehead atoms. The molecule has 0 aliphatic carbocycles. The molecule has 0 aliphatic rings. The molecule has 0 spiro atoms. The number of aryl methyl sites for hydroxylation is 2. The first kappa shape index (κ1) is 21.7. The van der Waals surface area contributed by atoms with E-state index >= 15 is 0 Å². The van der Waals surface area contributed by atoms with Gasteiger partial charge in [0.25, 0.3) is 5.91 Å². The van der Waals surface area contributed by atoms with E-state index in [0.29, 0.717) is 12.3 Å². The Morgan fingerprint density at radius 3 is 2.59 bits per heavy atom. The molecule has 1 amide bonds. The Kier molecular flexibility index (Phi) is 7.99. The third-order valence-corrected chi connectivity index (χ3v) is 4.38. The number of esters is 1. The number of carbonyl (C=O) groups is 2. The van der Waals surface area contributed by atoms with Crippen molar-refractivity contribution in [3.63, 3.8) is 0 Å². The zero-order valence-electron chi connectivity index (χ0n) is 16.9. The number of nitrogens with zero attached hydrogens (tertiary/aromatic N) is 1. The fraction of sp³-hybridized carbons (Fsp3) is 0.261. The van der Waals surface area contributed by atoms with Gasteiger partial charge >= 0.3 is 5.97 Å². The van der Waals surface area contributed by atoms with Gasteiger partial charge < -0.3 is 15.4 Å². The minimum atomic E-state index is -0.613. The van der Waals surface area contributed by atoms with E-state index in [1.165, 1.54) is 6.20 Å². The van der Waals surface area contributed by atoms with E-state index in [0.717, 1.165) is 29.7 Å². The Morgan fingerprint density at radius 1 is 1.14 bits per heavy atom. The normalized spacial score (nSPS) is 10.8. The predicted molar refractivity (Wildman–Crippen MR) is 113 cm³/mol. The van der Waals surface area contributed by atoms with E-state index in [4.69, 9.17) is 4.74 Å². The second-order valence-corrected chi connectivity index (χ2v) is 6.60. The van der Waals surface area contributed by atoms with Crippen LogP contribution in [0.4, 0.5) is 11.4 Å². The minimum absolute atomic E-state index is 0.114. The van der Waals surface area contributed by atoms with Crippen molar-refractivity contribution in [2.45, 2.75) is 33.6 Å². The van der Waals surface area contributed by atoms with E-state index in [1.807, 2.05) is 45.0 Å². The smallest absolute Gasteiger partial charge is 0.340 e. The summed E-state index contributed by atoms with van der Waals surface area (Å²) in [6, 6.07) is 14.2. The Hall–Kier alpha value is -3.59. The molecule has 6 heteroatoms. The molecule has 0 unspecified atom stereocenters. The monoisotopic (exact) mass is 391 g/mol. The van der Waals surface area contributed by atoms with Crippen LogP contribution in [0.5, 0.6) is 0 Å². The highest BCUT2D eigenvalue weighted by atomic mass is 16.5. The number of unbranched alkanes of at least 4 members (excludes halogenated alkanes) is 1. The van der Waals surface area contributed by atoms with Crippen molar-refractivity contribution in [3.05, 3.63) is 70.9 Å².